The summed E-state index contributed by atoms with van der Waals surface area (Å²) < 4.78 is 1.77. The molecule has 0 saturated heterocycles. The second-order valence-corrected chi connectivity index (χ2v) is 4.31. The number of rotatable bonds is 6. The molecule has 1 aliphatic rings. The Morgan fingerprint density at radius 1 is 1.53 bits per heavy atom. The maximum Gasteiger partial charge on any atom is 0.293 e. The second-order valence-electron chi connectivity index (χ2n) is 4.31. The number of nitrogens with zero attached hydrogens (tertiary/aromatic N) is 2. The van der Waals surface area contributed by atoms with Crippen LogP contribution >= 0.6 is 0 Å². The van der Waals surface area contributed by atoms with Gasteiger partial charge >= 0.3 is 0 Å². The number of aromatic nitrogens is 2. The molecule has 1 N–H and O–H groups in total. The highest BCUT2D eigenvalue weighted by atomic mass is 16.1. The first kappa shape index (κ1) is 11.7. The quantitative estimate of drug-likeness (QED) is 0.600. The minimum Gasteiger partial charge on any atom is -0.365 e. The largest absolute Gasteiger partial charge is 0.365 e. The topological polar surface area (TPSA) is 46.9 Å². The fourth-order valence-corrected chi connectivity index (χ4v) is 1.75. The van der Waals surface area contributed by atoms with Gasteiger partial charge in [0.15, 0.2) is 5.82 Å². The van der Waals surface area contributed by atoms with Crippen molar-refractivity contribution in [3.63, 3.8) is 0 Å². The summed E-state index contributed by atoms with van der Waals surface area (Å²) in [5, 5.41) is 3.08. The van der Waals surface area contributed by atoms with Crippen molar-refractivity contribution in [1.82, 2.24) is 9.55 Å². The van der Waals surface area contributed by atoms with Gasteiger partial charge in [0.25, 0.3) is 5.56 Å². The van der Waals surface area contributed by atoms with Gasteiger partial charge in [-0.2, -0.15) is 0 Å². The van der Waals surface area contributed by atoms with E-state index in [-0.39, 0.29) is 5.56 Å². The minimum absolute atomic E-state index is 0.00745. The summed E-state index contributed by atoms with van der Waals surface area (Å²) in [4.78, 5) is 16.1. The second kappa shape index (κ2) is 5.53. The first-order valence-corrected chi connectivity index (χ1v) is 6.07. The van der Waals surface area contributed by atoms with Crippen LogP contribution in [0, 0.1) is 12.3 Å². The maximum absolute atomic E-state index is 12.0. The third-order valence-corrected chi connectivity index (χ3v) is 2.85. The molecule has 17 heavy (non-hydrogen) atoms. The zero-order chi connectivity index (χ0) is 12.1. The molecule has 0 bridgehead atoms. The van der Waals surface area contributed by atoms with Crippen LogP contribution in [0.1, 0.15) is 38.1 Å². The van der Waals surface area contributed by atoms with E-state index < -0.39 is 0 Å². The van der Waals surface area contributed by atoms with E-state index in [1.54, 1.807) is 17.0 Å². The predicted octanol–water partition coefficient (Wildman–Crippen LogP) is 1.79. The van der Waals surface area contributed by atoms with Crippen molar-refractivity contribution in [3.8, 4) is 12.3 Å². The van der Waals surface area contributed by atoms with Crippen molar-refractivity contribution < 1.29 is 0 Å². The number of nitrogens with one attached hydrogen (secondary N) is 1. The molecular formula is C13H17N3O. The van der Waals surface area contributed by atoms with E-state index in [1.807, 2.05) is 0 Å². The molecule has 4 nitrogen and oxygen atoms in total. The normalized spacial score (nSPS) is 14.3. The molecule has 0 aliphatic heterocycles. The number of hydrogen-bond acceptors (Lipinski definition) is 3. The van der Waals surface area contributed by atoms with Crippen molar-refractivity contribution in [2.24, 2.45) is 0 Å². The SMILES string of the molecule is C#CCCCCNc1nccn(C2CC2)c1=O. The molecule has 0 unspecified atom stereocenters. The van der Waals surface area contributed by atoms with E-state index in [9.17, 15) is 4.79 Å². The van der Waals surface area contributed by atoms with Gasteiger partial charge in [-0.25, -0.2) is 4.98 Å². The molecule has 0 radical (unpaired) electrons. The van der Waals surface area contributed by atoms with E-state index in [2.05, 4.69) is 16.2 Å². The molecule has 1 fully saturated rings. The Kier molecular flexibility index (Phi) is 3.81. The number of unbranched alkanes of at least 4 members (excludes halogenated alkanes) is 2. The lowest BCUT2D eigenvalue weighted by atomic mass is 10.2. The lowest BCUT2D eigenvalue weighted by Crippen LogP contribution is -2.24. The van der Waals surface area contributed by atoms with E-state index in [0.29, 0.717) is 11.9 Å². The summed E-state index contributed by atoms with van der Waals surface area (Å²) in [6.07, 6.45) is 13.6. The van der Waals surface area contributed by atoms with Gasteiger partial charge in [0.2, 0.25) is 0 Å². The third-order valence-electron chi connectivity index (χ3n) is 2.85. The molecule has 4 heteroatoms. The maximum atomic E-state index is 12.0. The molecular weight excluding hydrogens is 214 g/mol. The molecule has 0 aromatic carbocycles. The van der Waals surface area contributed by atoms with Crippen molar-refractivity contribution >= 4 is 5.82 Å². The Hall–Kier alpha value is -1.76. The Morgan fingerprint density at radius 3 is 3.06 bits per heavy atom. The van der Waals surface area contributed by atoms with Gasteiger partial charge in [0, 0.05) is 31.4 Å². The molecule has 0 atom stereocenters. The highest BCUT2D eigenvalue weighted by Gasteiger charge is 2.25. The van der Waals surface area contributed by atoms with Crippen LogP contribution in [0.3, 0.4) is 0 Å². The Bertz CT molecular complexity index is 468. The number of hydrogen-bond donors (Lipinski definition) is 1. The van der Waals surface area contributed by atoms with Crippen LogP contribution in [-0.2, 0) is 0 Å². The predicted molar refractivity (Wildman–Crippen MR) is 67.9 cm³/mol. The molecule has 1 aromatic heterocycles. The average molecular weight is 231 g/mol. The smallest absolute Gasteiger partial charge is 0.293 e. The molecule has 2 rings (SSSR count). The zero-order valence-corrected chi connectivity index (χ0v) is 9.85. The summed E-state index contributed by atoms with van der Waals surface area (Å²) >= 11 is 0. The molecule has 90 valence electrons. The van der Waals surface area contributed by atoms with Gasteiger partial charge < -0.3 is 9.88 Å². The fraction of sp³-hybridized carbons (Fsp3) is 0.538. The first-order valence-electron chi connectivity index (χ1n) is 6.07. The third kappa shape index (κ3) is 3.10. The van der Waals surface area contributed by atoms with Gasteiger partial charge in [0.1, 0.15) is 0 Å². The van der Waals surface area contributed by atoms with E-state index in [0.717, 1.165) is 38.6 Å². The Labute approximate surface area is 101 Å². The minimum atomic E-state index is -0.00745. The molecule has 1 aromatic rings. The van der Waals surface area contributed by atoms with Crippen LogP contribution in [0.15, 0.2) is 17.2 Å². The zero-order valence-electron chi connectivity index (χ0n) is 9.85. The first-order chi connectivity index (χ1) is 8.33. The molecule has 1 aliphatic carbocycles. The van der Waals surface area contributed by atoms with Gasteiger partial charge in [0.05, 0.1) is 0 Å². The van der Waals surface area contributed by atoms with Gasteiger partial charge in [-0.1, -0.05) is 0 Å². The van der Waals surface area contributed by atoms with Crippen LogP contribution in [0.5, 0.6) is 0 Å². The average Bonchev–Trinajstić information content (AvgIpc) is 3.15. The summed E-state index contributed by atoms with van der Waals surface area (Å²) in [6.45, 7) is 0.749. The summed E-state index contributed by atoms with van der Waals surface area (Å²) in [7, 11) is 0. The molecule has 0 spiro atoms. The lowest BCUT2D eigenvalue weighted by Gasteiger charge is -2.07. The molecule has 1 saturated carbocycles. The van der Waals surface area contributed by atoms with Gasteiger partial charge in [-0.3, -0.25) is 4.79 Å². The van der Waals surface area contributed by atoms with Crippen molar-refractivity contribution in [2.75, 3.05) is 11.9 Å². The highest BCUT2D eigenvalue weighted by molar-refractivity contribution is 5.30. The summed E-state index contributed by atoms with van der Waals surface area (Å²) in [5.41, 5.74) is -0.00745. The summed E-state index contributed by atoms with van der Waals surface area (Å²) in [6, 6.07) is 0.396. The Balaban J connectivity index is 1.90. The highest BCUT2D eigenvalue weighted by Crippen LogP contribution is 2.33. The number of anilines is 1. The standard InChI is InChI=1S/C13H17N3O/c1-2-3-4-5-8-14-12-13(17)16(10-9-15-12)11-6-7-11/h1,9-11H,3-8H2,(H,14,15). The van der Waals surface area contributed by atoms with E-state index in [4.69, 9.17) is 6.42 Å². The van der Waals surface area contributed by atoms with Crippen molar-refractivity contribution in [3.05, 3.63) is 22.7 Å². The molecule has 0 amide bonds. The van der Waals surface area contributed by atoms with Gasteiger partial charge in [-0.15, -0.1) is 12.3 Å². The lowest BCUT2D eigenvalue weighted by molar-refractivity contribution is 0.697. The van der Waals surface area contributed by atoms with Crippen LogP contribution in [-0.4, -0.2) is 16.1 Å². The van der Waals surface area contributed by atoms with Crippen LogP contribution in [0.4, 0.5) is 5.82 Å². The van der Waals surface area contributed by atoms with E-state index >= 15 is 0 Å². The Morgan fingerprint density at radius 2 is 2.35 bits per heavy atom. The fourth-order valence-electron chi connectivity index (χ4n) is 1.75. The van der Waals surface area contributed by atoms with E-state index in [1.165, 1.54) is 0 Å². The van der Waals surface area contributed by atoms with Crippen molar-refractivity contribution in [1.29, 1.82) is 0 Å². The van der Waals surface area contributed by atoms with Crippen LogP contribution in [0.2, 0.25) is 0 Å². The summed E-state index contributed by atoms with van der Waals surface area (Å²) in [5.74, 6) is 3.06. The monoisotopic (exact) mass is 231 g/mol. The van der Waals surface area contributed by atoms with Crippen molar-refractivity contribution in [2.45, 2.75) is 38.1 Å². The number of terminal acetylenes is 1. The van der Waals surface area contributed by atoms with Gasteiger partial charge in [-0.05, 0) is 25.7 Å². The van der Waals surface area contributed by atoms with Crippen LogP contribution in [0.25, 0.3) is 0 Å². The molecule has 1 heterocycles. The van der Waals surface area contributed by atoms with Crippen LogP contribution < -0.4 is 10.9 Å².